The topological polar surface area (TPSA) is 94.6 Å². The molecule has 34 heavy (non-hydrogen) atoms. The second kappa shape index (κ2) is 12.7. The molecule has 0 aliphatic carbocycles. The van der Waals surface area contributed by atoms with Gasteiger partial charge in [-0.2, -0.15) is 0 Å². The molecule has 0 saturated carbocycles. The zero-order valence-electron chi connectivity index (χ0n) is 19.2. The fourth-order valence-electron chi connectivity index (χ4n) is 3.40. The monoisotopic (exact) mass is 508 g/mol. The van der Waals surface area contributed by atoms with Crippen LogP contribution in [0.1, 0.15) is 25.3 Å². The quantitative estimate of drug-likeness (QED) is 0.268. The van der Waals surface area contributed by atoms with Crippen LogP contribution in [0.2, 0.25) is 0 Å². The predicted molar refractivity (Wildman–Crippen MR) is 132 cm³/mol. The molecule has 0 spiro atoms. The van der Waals surface area contributed by atoms with Crippen molar-refractivity contribution in [3.8, 4) is 11.5 Å². The number of benzene rings is 1. The van der Waals surface area contributed by atoms with Crippen molar-refractivity contribution in [2.75, 3.05) is 53.2 Å². The number of esters is 1. The summed E-state index contributed by atoms with van der Waals surface area (Å²) in [5.41, 5.74) is 0.732. The Balaban J connectivity index is 1.60. The Morgan fingerprint density at radius 1 is 1.24 bits per heavy atom. The lowest BCUT2D eigenvalue weighted by atomic mass is 10.2. The van der Waals surface area contributed by atoms with E-state index in [2.05, 4.69) is 0 Å². The van der Waals surface area contributed by atoms with E-state index in [0.29, 0.717) is 66.6 Å². The van der Waals surface area contributed by atoms with E-state index in [4.69, 9.17) is 31.2 Å². The molecule has 1 aromatic carbocycles. The van der Waals surface area contributed by atoms with E-state index in [9.17, 15) is 14.4 Å². The highest BCUT2D eigenvalue weighted by atomic mass is 32.2. The normalized spacial score (nSPS) is 17.3. The Morgan fingerprint density at radius 2 is 2.00 bits per heavy atom. The van der Waals surface area contributed by atoms with Crippen LogP contribution in [-0.2, 0) is 23.9 Å². The number of thiocarbonyl (C=S) groups is 1. The first-order valence-electron chi connectivity index (χ1n) is 11.0. The van der Waals surface area contributed by atoms with Crippen molar-refractivity contribution in [2.45, 2.75) is 19.8 Å². The SMILES string of the molecule is CCOC(=O)CCCN1C(=O)/C(=C\c2ccc(OCC(=O)N3CCOCC3)c(OC)c2)SC1=S. The maximum absolute atomic E-state index is 12.8. The molecule has 0 N–H and O–H groups in total. The minimum absolute atomic E-state index is 0.0971. The van der Waals surface area contributed by atoms with Gasteiger partial charge in [-0.3, -0.25) is 19.3 Å². The maximum Gasteiger partial charge on any atom is 0.305 e. The molecular formula is C23H28N2O7S2. The Morgan fingerprint density at radius 3 is 2.71 bits per heavy atom. The van der Waals surface area contributed by atoms with Crippen LogP contribution in [0.4, 0.5) is 0 Å². The molecule has 11 heteroatoms. The van der Waals surface area contributed by atoms with Gasteiger partial charge in [0.1, 0.15) is 4.32 Å². The van der Waals surface area contributed by atoms with Crippen molar-refractivity contribution in [2.24, 2.45) is 0 Å². The second-order valence-corrected chi connectivity index (χ2v) is 9.11. The highest BCUT2D eigenvalue weighted by molar-refractivity contribution is 8.26. The van der Waals surface area contributed by atoms with Gasteiger partial charge in [-0.1, -0.05) is 30.0 Å². The number of methoxy groups -OCH3 is 1. The van der Waals surface area contributed by atoms with Crippen molar-refractivity contribution in [1.82, 2.24) is 9.80 Å². The van der Waals surface area contributed by atoms with E-state index in [-0.39, 0.29) is 30.8 Å². The third-order valence-corrected chi connectivity index (χ3v) is 6.52. The number of thioether (sulfide) groups is 1. The Hall–Kier alpha value is -2.63. The Kier molecular flexibility index (Phi) is 9.73. The molecular weight excluding hydrogens is 480 g/mol. The fraction of sp³-hybridized carbons (Fsp3) is 0.478. The first-order chi connectivity index (χ1) is 16.4. The molecule has 2 fully saturated rings. The zero-order chi connectivity index (χ0) is 24.5. The molecule has 1 aromatic rings. The molecule has 3 rings (SSSR count). The fourth-order valence-corrected chi connectivity index (χ4v) is 4.70. The number of carbonyl (C=O) groups excluding carboxylic acids is 3. The molecule has 0 aromatic heterocycles. The van der Waals surface area contributed by atoms with Crippen LogP contribution in [-0.4, -0.2) is 85.1 Å². The van der Waals surface area contributed by atoms with E-state index in [1.807, 2.05) is 0 Å². The third-order valence-electron chi connectivity index (χ3n) is 5.14. The van der Waals surface area contributed by atoms with E-state index >= 15 is 0 Å². The van der Waals surface area contributed by atoms with Crippen molar-refractivity contribution >= 4 is 52.2 Å². The van der Waals surface area contributed by atoms with Gasteiger partial charge in [0.2, 0.25) is 0 Å². The minimum atomic E-state index is -0.287. The standard InChI is InChI=1S/C23H28N2O7S2/c1-3-31-21(27)5-4-8-25-22(28)19(34-23(25)33)14-16-6-7-17(18(13-16)29-2)32-15-20(26)24-9-11-30-12-10-24/h6-7,13-14H,3-5,8-12,15H2,1-2H3/b19-14+. The lowest BCUT2D eigenvalue weighted by Crippen LogP contribution is -2.43. The summed E-state index contributed by atoms with van der Waals surface area (Å²) in [5, 5.41) is 0. The number of hydrogen-bond donors (Lipinski definition) is 0. The van der Waals surface area contributed by atoms with Gasteiger partial charge in [0.25, 0.3) is 11.8 Å². The summed E-state index contributed by atoms with van der Waals surface area (Å²) < 4.78 is 21.7. The summed E-state index contributed by atoms with van der Waals surface area (Å²) >= 11 is 6.56. The van der Waals surface area contributed by atoms with Gasteiger partial charge in [-0.05, 0) is 37.1 Å². The maximum atomic E-state index is 12.8. The van der Waals surface area contributed by atoms with Gasteiger partial charge in [0, 0.05) is 26.1 Å². The van der Waals surface area contributed by atoms with Gasteiger partial charge < -0.3 is 23.8 Å². The van der Waals surface area contributed by atoms with E-state index in [1.54, 1.807) is 36.1 Å². The predicted octanol–water partition coefficient (Wildman–Crippen LogP) is 2.48. The van der Waals surface area contributed by atoms with Crippen molar-refractivity contribution in [3.63, 3.8) is 0 Å². The number of amides is 2. The van der Waals surface area contributed by atoms with E-state index in [1.165, 1.54) is 23.8 Å². The van der Waals surface area contributed by atoms with Crippen molar-refractivity contribution in [3.05, 3.63) is 28.7 Å². The number of carbonyl (C=O) groups is 3. The van der Waals surface area contributed by atoms with Gasteiger partial charge in [0.15, 0.2) is 18.1 Å². The molecule has 0 unspecified atom stereocenters. The van der Waals surface area contributed by atoms with E-state index in [0.717, 1.165) is 5.56 Å². The van der Waals surface area contributed by atoms with Crippen LogP contribution < -0.4 is 9.47 Å². The summed E-state index contributed by atoms with van der Waals surface area (Å²) in [6.07, 6.45) is 2.44. The van der Waals surface area contributed by atoms with Crippen LogP contribution in [0.15, 0.2) is 23.1 Å². The molecule has 184 valence electrons. The summed E-state index contributed by atoms with van der Waals surface area (Å²) in [7, 11) is 1.51. The Labute approximate surface area is 208 Å². The molecule has 2 saturated heterocycles. The van der Waals surface area contributed by atoms with E-state index < -0.39 is 0 Å². The molecule has 0 radical (unpaired) electrons. The third kappa shape index (κ3) is 6.94. The van der Waals surface area contributed by atoms with Crippen LogP contribution >= 0.6 is 24.0 Å². The summed E-state index contributed by atoms with van der Waals surface area (Å²) in [5.74, 6) is 0.293. The lowest BCUT2D eigenvalue weighted by molar-refractivity contribution is -0.143. The number of ether oxygens (including phenoxy) is 4. The van der Waals surface area contributed by atoms with Gasteiger partial charge in [-0.25, -0.2) is 0 Å². The molecule has 2 heterocycles. The number of hydrogen-bond acceptors (Lipinski definition) is 9. The Bertz CT molecular complexity index is 961. The first-order valence-corrected chi connectivity index (χ1v) is 12.2. The highest BCUT2D eigenvalue weighted by Gasteiger charge is 2.31. The summed E-state index contributed by atoms with van der Waals surface area (Å²) in [4.78, 5) is 40.3. The molecule has 2 aliphatic heterocycles. The van der Waals surface area contributed by atoms with Crippen LogP contribution in [0.5, 0.6) is 11.5 Å². The number of rotatable bonds is 10. The number of nitrogens with zero attached hydrogens (tertiary/aromatic N) is 2. The zero-order valence-corrected chi connectivity index (χ0v) is 20.9. The van der Waals surface area contributed by atoms with Crippen molar-refractivity contribution in [1.29, 1.82) is 0 Å². The molecule has 2 amide bonds. The van der Waals surface area contributed by atoms with Crippen LogP contribution in [0.25, 0.3) is 6.08 Å². The lowest BCUT2D eigenvalue weighted by Gasteiger charge is -2.26. The highest BCUT2D eigenvalue weighted by Crippen LogP contribution is 2.35. The average Bonchev–Trinajstić information content (AvgIpc) is 3.10. The van der Waals surface area contributed by atoms with Crippen LogP contribution in [0, 0.1) is 0 Å². The first kappa shape index (κ1) is 26.0. The van der Waals surface area contributed by atoms with Crippen LogP contribution in [0.3, 0.4) is 0 Å². The largest absolute Gasteiger partial charge is 0.493 e. The molecule has 0 atom stereocenters. The molecule has 0 bridgehead atoms. The molecule has 2 aliphatic rings. The summed E-state index contributed by atoms with van der Waals surface area (Å²) in [6.45, 7) is 4.51. The average molecular weight is 509 g/mol. The molecule has 9 nitrogen and oxygen atoms in total. The second-order valence-electron chi connectivity index (χ2n) is 7.43. The smallest absolute Gasteiger partial charge is 0.305 e. The van der Waals surface area contributed by atoms with Gasteiger partial charge >= 0.3 is 5.97 Å². The summed E-state index contributed by atoms with van der Waals surface area (Å²) in [6, 6.07) is 5.23. The number of morpholine rings is 1. The van der Waals surface area contributed by atoms with Crippen molar-refractivity contribution < 1.29 is 33.3 Å². The van der Waals surface area contributed by atoms with Gasteiger partial charge in [0.05, 0.1) is 31.8 Å². The minimum Gasteiger partial charge on any atom is -0.493 e. The van der Waals surface area contributed by atoms with Gasteiger partial charge in [-0.15, -0.1) is 0 Å².